The molecule has 1 rings (SSSR count). The zero-order valence-electron chi connectivity index (χ0n) is 16.1. The van der Waals surface area contributed by atoms with Crippen molar-refractivity contribution in [2.24, 2.45) is 0 Å². The molecule has 144 valence electrons. The maximum Gasteiger partial charge on any atom is 0.215 e. The summed E-state index contributed by atoms with van der Waals surface area (Å²) < 4.78 is 8.81. The van der Waals surface area contributed by atoms with Crippen LogP contribution in [0.4, 0.5) is 5.69 Å². The smallest absolute Gasteiger partial charge is 0.215 e. The Labute approximate surface area is 165 Å². The number of allylic oxidation sites excluding steroid dienone is 1. The highest BCUT2D eigenvalue weighted by atomic mass is 35.5. The fourth-order valence-corrected chi connectivity index (χ4v) is 3.31. The maximum absolute atomic E-state index is 11.5. The minimum absolute atomic E-state index is 0.560. The molecule has 1 aromatic rings. The lowest BCUT2D eigenvalue weighted by atomic mass is 10.2. The van der Waals surface area contributed by atoms with Crippen molar-refractivity contribution in [2.45, 2.75) is 33.6 Å². The zero-order valence-corrected chi connectivity index (χ0v) is 17.6. The van der Waals surface area contributed by atoms with Crippen molar-refractivity contribution in [1.29, 1.82) is 0 Å². The summed E-state index contributed by atoms with van der Waals surface area (Å²) in [5.41, 5.74) is 2.46. The van der Waals surface area contributed by atoms with Gasteiger partial charge >= 0.3 is 0 Å². The van der Waals surface area contributed by atoms with Crippen LogP contribution in [0.15, 0.2) is 41.6 Å². The molecule has 2 N–H and O–H groups in total. The van der Waals surface area contributed by atoms with Crippen LogP contribution in [0, 0.1) is 6.92 Å². The average molecular weight is 398 g/mol. The third-order valence-corrected chi connectivity index (χ3v) is 4.78. The van der Waals surface area contributed by atoms with Gasteiger partial charge in [0.05, 0.1) is 17.8 Å². The summed E-state index contributed by atoms with van der Waals surface area (Å²) in [7, 11) is 3.28. The Morgan fingerprint density at radius 3 is 2.69 bits per heavy atom. The van der Waals surface area contributed by atoms with Gasteiger partial charge in [0.25, 0.3) is 0 Å². The van der Waals surface area contributed by atoms with Gasteiger partial charge in [-0.1, -0.05) is 43.0 Å². The predicted molar refractivity (Wildman–Crippen MR) is 112 cm³/mol. The highest BCUT2D eigenvalue weighted by Gasteiger charge is 2.17. The molecule has 5 nitrogen and oxygen atoms in total. The van der Waals surface area contributed by atoms with E-state index in [2.05, 4.69) is 17.0 Å². The van der Waals surface area contributed by atoms with Crippen LogP contribution in [-0.2, 0) is 9.53 Å². The number of unbranched alkanes of at least 4 members (excludes halogenated alkanes) is 1. The molecule has 0 aliphatic heterocycles. The lowest BCUT2D eigenvalue weighted by Crippen LogP contribution is -2.28. The van der Waals surface area contributed by atoms with Gasteiger partial charge in [-0.05, 0) is 44.0 Å². The molecule has 0 radical (unpaired) electrons. The number of anilines is 1. The number of halogens is 1. The Morgan fingerprint density at radius 2 is 2.15 bits per heavy atom. The van der Waals surface area contributed by atoms with Crippen LogP contribution in [0.5, 0.6) is 0 Å². The highest BCUT2D eigenvalue weighted by Crippen LogP contribution is 2.27. The first kappa shape index (κ1) is 22.3. The van der Waals surface area contributed by atoms with Gasteiger partial charge < -0.3 is 19.7 Å². The van der Waals surface area contributed by atoms with Gasteiger partial charge in [-0.15, -0.1) is 0 Å². The van der Waals surface area contributed by atoms with Crippen molar-refractivity contribution >= 4 is 35.6 Å². The van der Waals surface area contributed by atoms with Crippen LogP contribution in [0.3, 0.4) is 0 Å². The van der Waals surface area contributed by atoms with Gasteiger partial charge in [0, 0.05) is 12.8 Å². The molecule has 0 fully saturated rings. The van der Waals surface area contributed by atoms with Crippen molar-refractivity contribution in [1.82, 2.24) is 9.62 Å². The second-order valence-electron chi connectivity index (χ2n) is 5.71. The molecule has 0 aliphatic carbocycles. The molecule has 0 spiro atoms. The quantitative estimate of drug-likeness (QED) is 0.183. The first-order chi connectivity index (χ1) is 12.5. The van der Waals surface area contributed by atoms with Crippen molar-refractivity contribution in [3.05, 3.63) is 52.1 Å². The van der Waals surface area contributed by atoms with Gasteiger partial charge in [0.1, 0.15) is 17.3 Å². The second kappa shape index (κ2) is 11.8. The van der Waals surface area contributed by atoms with E-state index in [9.17, 15) is 4.79 Å². The van der Waals surface area contributed by atoms with Crippen molar-refractivity contribution < 1.29 is 9.53 Å². The number of nitrogens with one attached hydrogen (secondary N) is 2. The van der Waals surface area contributed by atoms with Crippen LogP contribution < -0.4 is 10.0 Å². The topological polar surface area (TPSA) is 53.6 Å². The third-order valence-electron chi connectivity index (χ3n) is 3.63. The molecule has 0 bridgehead atoms. The molecule has 0 heterocycles. The summed E-state index contributed by atoms with van der Waals surface area (Å²) in [6, 6.07) is 5.72. The normalized spacial score (nSPS) is 12.3. The van der Waals surface area contributed by atoms with E-state index < -0.39 is 0 Å². The van der Waals surface area contributed by atoms with E-state index in [1.807, 2.05) is 38.1 Å². The highest BCUT2D eigenvalue weighted by molar-refractivity contribution is 7.97. The first-order valence-electron chi connectivity index (χ1n) is 8.52. The molecule has 7 heteroatoms. The summed E-state index contributed by atoms with van der Waals surface area (Å²) in [6.07, 6.45) is 4.80. The molecular formula is C19H28ClN3O2S. The number of carbonyl (C=O) groups excluding carboxylic acids is 1. The summed E-state index contributed by atoms with van der Waals surface area (Å²) in [5.74, 6) is 2.14. The minimum atomic E-state index is 0.560. The molecule has 0 saturated carbocycles. The molecule has 0 aromatic heterocycles. The number of rotatable bonds is 11. The Hall–Kier alpha value is -1.79. The molecular weight excluding hydrogens is 370 g/mol. The van der Waals surface area contributed by atoms with E-state index in [-0.39, 0.29) is 0 Å². The minimum Gasteiger partial charge on any atom is -0.495 e. The Morgan fingerprint density at radius 1 is 1.42 bits per heavy atom. The Kier molecular flexibility index (Phi) is 10.1. The predicted octanol–water partition coefficient (Wildman–Crippen LogP) is 4.91. The third kappa shape index (κ3) is 6.50. The van der Waals surface area contributed by atoms with Crippen LogP contribution >= 0.6 is 23.5 Å². The largest absolute Gasteiger partial charge is 0.495 e. The van der Waals surface area contributed by atoms with Crippen molar-refractivity contribution in [3.8, 4) is 0 Å². The van der Waals surface area contributed by atoms with Gasteiger partial charge in [-0.2, -0.15) is 0 Å². The fourth-order valence-electron chi connectivity index (χ4n) is 2.15. The summed E-state index contributed by atoms with van der Waals surface area (Å²) in [4.78, 5) is 12.9. The SMILES string of the molecule is C/C=C(OC)\C(NSCCCC)=C(\Nc1ccc(C)cc1Cl)N(C)C=O. The second-order valence-corrected chi connectivity index (χ2v) is 7.02. The lowest BCUT2D eigenvalue weighted by Gasteiger charge is -2.24. The van der Waals surface area contributed by atoms with E-state index in [0.717, 1.165) is 30.6 Å². The van der Waals surface area contributed by atoms with E-state index in [1.165, 1.54) is 4.90 Å². The zero-order chi connectivity index (χ0) is 19.5. The number of methoxy groups -OCH3 is 1. The van der Waals surface area contributed by atoms with E-state index in [0.29, 0.717) is 28.0 Å². The van der Waals surface area contributed by atoms with Gasteiger partial charge in [0.2, 0.25) is 6.41 Å². The fraction of sp³-hybridized carbons (Fsp3) is 0.421. The van der Waals surface area contributed by atoms with E-state index >= 15 is 0 Å². The van der Waals surface area contributed by atoms with Crippen molar-refractivity contribution in [2.75, 3.05) is 25.2 Å². The lowest BCUT2D eigenvalue weighted by molar-refractivity contribution is -0.115. The molecule has 26 heavy (non-hydrogen) atoms. The first-order valence-corrected chi connectivity index (χ1v) is 9.88. The van der Waals surface area contributed by atoms with Crippen LogP contribution in [-0.4, -0.2) is 31.2 Å². The van der Waals surface area contributed by atoms with Crippen molar-refractivity contribution in [3.63, 3.8) is 0 Å². The molecule has 1 amide bonds. The van der Waals surface area contributed by atoms with Gasteiger partial charge in [-0.25, -0.2) is 0 Å². The van der Waals surface area contributed by atoms with Crippen LogP contribution in [0.25, 0.3) is 0 Å². The Balaban J connectivity index is 3.30. The van der Waals surface area contributed by atoms with Crippen LogP contribution in [0.2, 0.25) is 5.02 Å². The number of aryl methyl sites for hydroxylation is 1. The number of carbonyl (C=O) groups is 1. The number of amides is 1. The molecule has 0 atom stereocenters. The molecule has 0 unspecified atom stereocenters. The number of ether oxygens (including phenoxy) is 1. The molecule has 0 saturated heterocycles. The number of benzene rings is 1. The average Bonchev–Trinajstić information content (AvgIpc) is 2.63. The number of hydrogen-bond donors (Lipinski definition) is 2. The monoisotopic (exact) mass is 397 g/mol. The summed E-state index contributed by atoms with van der Waals surface area (Å²) in [5, 5.41) is 3.84. The molecule has 1 aromatic carbocycles. The molecule has 0 aliphatic rings. The van der Waals surface area contributed by atoms with E-state index in [1.54, 1.807) is 26.1 Å². The summed E-state index contributed by atoms with van der Waals surface area (Å²) in [6.45, 7) is 6.01. The van der Waals surface area contributed by atoms with Gasteiger partial charge in [-0.3, -0.25) is 4.79 Å². The van der Waals surface area contributed by atoms with Gasteiger partial charge in [0.15, 0.2) is 0 Å². The number of nitrogens with zero attached hydrogens (tertiary/aromatic N) is 1. The Bertz CT molecular complexity index is 662. The standard InChI is InChI=1S/C19H28ClN3O2S/c1-6-8-11-26-22-18(17(7-2)25-5)19(23(4)13-24)21-16-10-9-14(3)12-15(16)20/h7,9-10,12-13,21-22H,6,8,11H2,1-5H3/b17-7+,19-18+. The van der Waals surface area contributed by atoms with Crippen LogP contribution in [0.1, 0.15) is 32.3 Å². The van der Waals surface area contributed by atoms with E-state index in [4.69, 9.17) is 16.3 Å². The maximum atomic E-state index is 11.5. The summed E-state index contributed by atoms with van der Waals surface area (Å²) >= 11 is 7.93. The number of hydrogen-bond acceptors (Lipinski definition) is 5.